The molecule has 3 unspecified atom stereocenters. The quantitative estimate of drug-likeness (QED) is 0.508. The number of anilines is 1. The van der Waals surface area contributed by atoms with E-state index in [1.807, 2.05) is 36.4 Å². The van der Waals surface area contributed by atoms with E-state index < -0.39 is 0 Å². The SMILES string of the molecule is Cn1nnnc1-c1cccc(NC(=O)NC2CCOCC2CN2CCCC(Cc3ccc(F)cc3)C2)c1. The van der Waals surface area contributed by atoms with Gasteiger partial charge in [-0.15, -0.1) is 5.10 Å². The van der Waals surface area contributed by atoms with Crippen LogP contribution in [0.5, 0.6) is 0 Å². The van der Waals surface area contributed by atoms with Gasteiger partial charge in [-0.3, -0.25) is 0 Å². The predicted octanol–water partition coefficient (Wildman–Crippen LogP) is 3.50. The van der Waals surface area contributed by atoms with Gasteiger partial charge in [0, 0.05) is 50.0 Å². The fourth-order valence-electron chi connectivity index (χ4n) is 5.48. The summed E-state index contributed by atoms with van der Waals surface area (Å²) in [4.78, 5) is 15.4. The third-order valence-electron chi connectivity index (χ3n) is 7.32. The lowest BCUT2D eigenvalue weighted by Crippen LogP contribution is -2.51. The normalized spacial score (nSPS) is 22.5. The number of urea groups is 1. The summed E-state index contributed by atoms with van der Waals surface area (Å²) in [7, 11) is 1.78. The smallest absolute Gasteiger partial charge is 0.319 e. The van der Waals surface area contributed by atoms with Gasteiger partial charge in [-0.1, -0.05) is 24.3 Å². The van der Waals surface area contributed by atoms with Crippen LogP contribution in [0, 0.1) is 17.7 Å². The zero-order valence-electron chi connectivity index (χ0n) is 21.1. The number of carbonyl (C=O) groups excluding carboxylic acids is 1. The van der Waals surface area contributed by atoms with E-state index in [0.29, 0.717) is 30.6 Å². The lowest BCUT2D eigenvalue weighted by molar-refractivity contribution is 0.0134. The van der Waals surface area contributed by atoms with E-state index in [1.54, 1.807) is 23.9 Å². The molecular formula is C27H34FN7O2. The van der Waals surface area contributed by atoms with Crippen molar-refractivity contribution in [2.75, 3.05) is 38.2 Å². The number of rotatable bonds is 7. The molecule has 0 saturated carbocycles. The van der Waals surface area contributed by atoms with Gasteiger partial charge in [0.2, 0.25) is 0 Å². The maximum atomic E-state index is 13.3. The Bertz CT molecular complexity index is 1190. The summed E-state index contributed by atoms with van der Waals surface area (Å²) in [5.74, 6) is 1.21. The second kappa shape index (κ2) is 11.8. The van der Waals surface area contributed by atoms with Crippen molar-refractivity contribution in [1.29, 1.82) is 0 Å². The average molecular weight is 508 g/mol. The van der Waals surface area contributed by atoms with Crippen LogP contribution >= 0.6 is 0 Å². The molecule has 3 atom stereocenters. The van der Waals surface area contributed by atoms with E-state index in [1.165, 1.54) is 12.0 Å². The molecule has 0 radical (unpaired) electrons. The molecule has 0 bridgehead atoms. The van der Waals surface area contributed by atoms with Crippen molar-refractivity contribution in [2.24, 2.45) is 18.9 Å². The molecule has 2 aliphatic heterocycles. The van der Waals surface area contributed by atoms with Crippen LogP contribution in [0.2, 0.25) is 0 Å². The standard InChI is InChI=1S/C27H34FN7O2/c1-34-26(31-32-33-34)21-5-2-6-24(15-21)29-27(36)30-25-11-13-37-18-22(25)17-35-12-3-4-20(16-35)14-19-7-9-23(28)10-8-19/h2,5-10,15,20,22,25H,3-4,11-14,16-18H2,1H3,(H2,29,30,36). The second-order valence-electron chi connectivity index (χ2n) is 10.1. The summed E-state index contributed by atoms with van der Waals surface area (Å²) in [5, 5.41) is 17.7. The summed E-state index contributed by atoms with van der Waals surface area (Å²) >= 11 is 0. The molecule has 196 valence electrons. The van der Waals surface area contributed by atoms with E-state index in [0.717, 1.165) is 44.5 Å². The number of aromatic nitrogens is 4. The van der Waals surface area contributed by atoms with E-state index >= 15 is 0 Å². The Kier molecular flexibility index (Phi) is 8.05. The Morgan fingerprint density at radius 2 is 2.05 bits per heavy atom. The number of carbonyl (C=O) groups is 1. The molecule has 3 heterocycles. The molecule has 3 aromatic rings. The fourth-order valence-corrected chi connectivity index (χ4v) is 5.48. The molecule has 37 heavy (non-hydrogen) atoms. The van der Waals surface area contributed by atoms with Gasteiger partial charge in [-0.2, -0.15) is 0 Å². The van der Waals surface area contributed by atoms with E-state index in [-0.39, 0.29) is 23.8 Å². The van der Waals surface area contributed by atoms with Crippen molar-refractivity contribution >= 4 is 11.7 Å². The number of nitrogens with zero attached hydrogens (tertiary/aromatic N) is 5. The predicted molar refractivity (Wildman–Crippen MR) is 138 cm³/mol. The Balaban J connectivity index is 1.16. The largest absolute Gasteiger partial charge is 0.381 e. The van der Waals surface area contributed by atoms with E-state index in [2.05, 4.69) is 31.1 Å². The van der Waals surface area contributed by atoms with Crippen molar-refractivity contribution in [3.63, 3.8) is 0 Å². The minimum absolute atomic E-state index is 0.0392. The van der Waals surface area contributed by atoms with Gasteiger partial charge in [0.15, 0.2) is 5.82 Å². The van der Waals surface area contributed by atoms with Crippen LogP contribution in [0.3, 0.4) is 0 Å². The monoisotopic (exact) mass is 507 g/mol. The summed E-state index contributed by atoms with van der Waals surface area (Å²) in [6, 6.07) is 14.2. The highest BCUT2D eigenvalue weighted by Gasteiger charge is 2.31. The number of hydrogen-bond donors (Lipinski definition) is 2. The number of aryl methyl sites for hydroxylation is 1. The van der Waals surface area contributed by atoms with Crippen molar-refractivity contribution < 1.29 is 13.9 Å². The number of ether oxygens (including phenoxy) is 1. The highest BCUT2D eigenvalue weighted by molar-refractivity contribution is 5.90. The zero-order valence-corrected chi connectivity index (χ0v) is 21.1. The van der Waals surface area contributed by atoms with Gasteiger partial charge in [-0.25, -0.2) is 13.9 Å². The van der Waals surface area contributed by atoms with Crippen LogP contribution in [-0.4, -0.2) is 70.0 Å². The molecule has 2 aromatic carbocycles. The lowest BCUT2D eigenvalue weighted by atomic mass is 9.89. The maximum absolute atomic E-state index is 13.3. The van der Waals surface area contributed by atoms with Crippen LogP contribution in [0.15, 0.2) is 48.5 Å². The summed E-state index contributed by atoms with van der Waals surface area (Å²) in [5.41, 5.74) is 2.70. The molecule has 5 rings (SSSR count). The van der Waals surface area contributed by atoms with Crippen LogP contribution in [0.25, 0.3) is 11.4 Å². The summed E-state index contributed by atoms with van der Waals surface area (Å²) in [6.45, 7) is 4.23. The van der Waals surface area contributed by atoms with Crippen molar-refractivity contribution in [3.05, 3.63) is 59.9 Å². The number of nitrogens with one attached hydrogen (secondary N) is 2. The van der Waals surface area contributed by atoms with Crippen molar-refractivity contribution in [2.45, 2.75) is 31.7 Å². The third-order valence-corrected chi connectivity index (χ3v) is 7.32. The van der Waals surface area contributed by atoms with Gasteiger partial charge in [0.25, 0.3) is 0 Å². The number of halogens is 1. The second-order valence-corrected chi connectivity index (χ2v) is 10.1. The number of tetrazole rings is 1. The van der Waals surface area contributed by atoms with Crippen LogP contribution in [0.1, 0.15) is 24.8 Å². The molecule has 2 fully saturated rings. The molecule has 9 nitrogen and oxygen atoms in total. The molecule has 2 N–H and O–H groups in total. The van der Waals surface area contributed by atoms with Crippen LogP contribution < -0.4 is 10.6 Å². The number of benzene rings is 2. The Morgan fingerprint density at radius 1 is 1.19 bits per heavy atom. The first-order valence-electron chi connectivity index (χ1n) is 13.0. The molecular weight excluding hydrogens is 473 g/mol. The molecule has 1 aromatic heterocycles. The first kappa shape index (κ1) is 25.3. The van der Waals surface area contributed by atoms with E-state index in [4.69, 9.17) is 4.74 Å². The third kappa shape index (κ3) is 6.69. The minimum atomic E-state index is -0.224. The number of amides is 2. The highest BCUT2D eigenvalue weighted by Crippen LogP contribution is 2.25. The summed E-state index contributed by atoms with van der Waals surface area (Å²) < 4.78 is 20.7. The Labute approximate surface area is 216 Å². The van der Waals surface area contributed by atoms with Gasteiger partial charge in [0.1, 0.15) is 5.82 Å². The number of piperidine rings is 1. The molecule has 10 heteroatoms. The van der Waals surface area contributed by atoms with Crippen LogP contribution in [-0.2, 0) is 18.2 Å². The fraction of sp³-hybridized carbons (Fsp3) is 0.481. The van der Waals surface area contributed by atoms with Gasteiger partial charge in [0.05, 0.1) is 6.61 Å². The molecule has 2 amide bonds. The van der Waals surface area contributed by atoms with Gasteiger partial charge < -0.3 is 20.3 Å². The van der Waals surface area contributed by atoms with Crippen molar-refractivity contribution in [3.8, 4) is 11.4 Å². The average Bonchev–Trinajstić information content (AvgIpc) is 3.33. The lowest BCUT2D eigenvalue weighted by Gasteiger charge is -2.39. The van der Waals surface area contributed by atoms with Gasteiger partial charge in [-0.05, 0) is 78.4 Å². The first-order valence-corrected chi connectivity index (χ1v) is 13.0. The van der Waals surface area contributed by atoms with Gasteiger partial charge >= 0.3 is 6.03 Å². The Morgan fingerprint density at radius 3 is 2.86 bits per heavy atom. The topological polar surface area (TPSA) is 97.2 Å². The minimum Gasteiger partial charge on any atom is -0.381 e. The molecule has 0 spiro atoms. The molecule has 0 aliphatic carbocycles. The maximum Gasteiger partial charge on any atom is 0.319 e. The van der Waals surface area contributed by atoms with E-state index in [9.17, 15) is 9.18 Å². The Hall–Kier alpha value is -3.37. The molecule has 2 saturated heterocycles. The first-order chi connectivity index (χ1) is 18.0. The summed E-state index contributed by atoms with van der Waals surface area (Å²) in [6.07, 6.45) is 4.08. The number of hydrogen-bond acceptors (Lipinski definition) is 6. The van der Waals surface area contributed by atoms with Crippen LogP contribution in [0.4, 0.5) is 14.9 Å². The molecule has 2 aliphatic rings. The highest BCUT2D eigenvalue weighted by atomic mass is 19.1. The van der Waals surface area contributed by atoms with Crippen molar-refractivity contribution in [1.82, 2.24) is 30.4 Å². The number of likely N-dealkylation sites (tertiary alicyclic amines) is 1. The zero-order chi connectivity index (χ0) is 25.6.